The van der Waals surface area contributed by atoms with Crippen molar-refractivity contribution in [3.05, 3.63) is 11.5 Å². The molecule has 0 aromatic carbocycles. The van der Waals surface area contributed by atoms with Crippen LogP contribution in [0.2, 0.25) is 0 Å². The summed E-state index contributed by atoms with van der Waals surface area (Å²) in [7, 11) is -3.71. The number of sulfonamides is 1. The van der Waals surface area contributed by atoms with E-state index < -0.39 is 15.9 Å². The zero-order chi connectivity index (χ0) is 16.3. The molecule has 1 fully saturated rings. The van der Waals surface area contributed by atoms with E-state index in [1.807, 2.05) is 0 Å². The van der Waals surface area contributed by atoms with E-state index in [0.717, 1.165) is 0 Å². The molecule has 120 valence electrons. The minimum absolute atomic E-state index is 0.0946. The van der Waals surface area contributed by atoms with Crippen LogP contribution in [0.1, 0.15) is 24.3 Å². The molecule has 1 amide bonds. The Kier molecular flexibility index (Phi) is 4.88. The number of carbonyl (C=O) groups is 1. The second-order valence-corrected chi connectivity index (χ2v) is 7.15. The molecule has 0 bridgehead atoms. The predicted octanol–water partition coefficient (Wildman–Crippen LogP) is 0.442. The molecule has 0 saturated carbocycles. The summed E-state index contributed by atoms with van der Waals surface area (Å²) < 4.78 is 31.7. The maximum atomic E-state index is 12.7. The fraction of sp³-hybridized carbons (Fsp3) is 0.571. The summed E-state index contributed by atoms with van der Waals surface area (Å²) in [6.07, 6.45) is 6.38. The van der Waals surface area contributed by atoms with Crippen molar-refractivity contribution in [2.45, 2.75) is 31.6 Å². The topological polar surface area (TPSA) is 92.5 Å². The van der Waals surface area contributed by atoms with Crippen LogP contribution in [0.3, 0.4) is 0 Å². The number of aryl methyl sites for hydroxylation is 2. The molecule has 1 aliphatic heterocycles. The van der Waals surface area contributed by atoms with Crippen molar-refractivity contribution in [2.75, 3.05) is 19.6 Å². The average Bonchev–Trinajstić information content (AvgIpc) is 2.84. The molecule has 0 aliphatic carbocycles. The van der Waals surface area contributed by atoms with Gasteiger partial charge in [0, 0.05) is 13.1 Å². The number of nitrogens with zero attached hydrogens (tertiary/aromatic N) is 2. The Hall–Kier alpha value is -1.85. The van der Waals surface area contributed by atoms with Gasteiger partial charge in [0.2, 0.25) is 15.9 Å². The number of hydrogen-bond acceptors (Lipinski definition) is 5. The molecule has 1 aromatic rings. The van der Waals surface area contributed by atoms with Crippen molar-refractivity contribution in [3.8, 4) is 12.3 Å². The van der Waals surface area contributed by atoms with Gasteiger partial charge in [-0.25, -0.2) is 8.42 Å². The number of aromatic nitrogens is 1. The lowest BCUT2D eigenvalue weighted by atomic mass is 9.99. The van der Waals surface area contributed by atoms with E-state index in [0.29, 0.717) is 25.1 Å². The van der Waals surface area contributed by atoms with Gasteiger partial charge < -0.3 is 9.84 Å². The highest BCUT2D eigenvalue weighted by atomic mass is 32.2. The van der Waals surface area contributed by atoms with Crippen LogP contribution in [0.4, 0.5) is 0 Å². The largest absolute Gasteiger partial charge is 0.360 e. The summed E-state index contributed by atoms with van der Waals surface area (Å²) in [4.78, 5) is 12.1. The average molecular weight is 325 g/mol. The first-order valence-electron chi connectivity index (χ1n) is 7.02. The fourth-order valence-corrected chi connectivity index (χ4v) is 4.44. The van der Waals surface area contributed by atoms with Gasteiger partial charge in [0.15, 0.2) is 5.76 Å². The van der Waals surface area contributed by atoms with Crippen LogP contribution in [-0.2, 0) is 14.8 Å². The smallest absolute Gasteiger partial charge is 0.248 e. The van der Waals surface area contributed by atoms with Crippen molar-refractivity contribution in [1.82, 2.24) is 14.8 Å². The molecule has 0 radical (unpaired) electrons. The molecule has 2 heterocycles. The molecule has 1 saturated heterocycles. The number of piperidine rings is 1. The minimum Gasteiger partial charge on any atom is -0.360 e. The molecular formula is C14H19N3O4S. The van der Waals surface area contributed by atoms with Crippen LogP contribution < -0.4 is 5.32 Å². The molecule has 0 spiro atoms. The molecule has 22 heavy (non-hydrogen) atoms. The van der Waals surface area contributed by atoms with Gasteiger partial charge in [-0.1, -0.05) is 11.1 Å². The quantitative estimate of drug-likeness (QED) is 0.811. The van der Waals surface area contributed by atoms with Gasteiger partial charge in [-0.2, -0.15) is 4.31 Å². The minimum atomic E-state index is -3.71. The second-order valence-electron chi connectivity index (χ2n) is 5.28. The number of rotatable bonds is 4. The Labute approximate surface area is 130 Å². The third-order valence-electron chi connectivity index (χ3n) is 3.69. The lowest BCUT2D eigenvalue weighted by molar-refractivity contribution is -0.125. The molecule has 8 heteroatoms. The lowest BCUT2D eigenvalue weighted by Gasteiger charge is -2.30. The van der Waals surface area contributed by atoms with Crippen LogP contribution in [0.5, 0.6) is 0 Å². The van der Waals surface area contributed by atoms with Crippen molar-refractivity contribution >= 4 is 15.9 Å². The van der Waals surface area contributed by atoms with Crippen LogP contribution in [0, 0.1) is 32.1 Å². The van der Waals surface area contributed by atoms with E-state index in [9.17, 15) is 13.2 Å². The summed E-state index contributed by atoms with van der Waals surface area (Å²) in [6.45, 7) is 3.82. The van der Waals surface area contributed by atoms with Crippen molar-refractivity contribution in [2.24, 2.45) is 5.92 Å². The van der Waals surface area contributed by atoms with Crippen LogP contribution >= 0.6 is 0 Å². The molecular weight excluding hydrogens is 306 g/mol. The molecule has 1 aliphatic rings. The third kappa shape index (κ3) is 3.15. The molecule has 1 unspecified atom stereocenters. The van der Waals surface area contributed by atoms with E-state index in [2.05, 4.69) is 16.4 Å². The Morgan fingerprint density at radius 2 is 2.27 bits per heavy atom. The van der Waals surface area contributed by atoms with E-state index in [1.54, 1.807) is 13.8 Å². The Morgan fingerprint density at radius 3 is 2.86 bits per heavy atom. The van der Waals surface area contributed by atoms with Gasteiger partial charge in [-0.3, -0.25) is 4.79 Å². The first-order valence-corrected chi connectivity index (χ1v) is 8.46. The highest BCUT2D eigenvalue weighted by molar-refractivity contribution is 7.89. The van der Waals surface area contributed by atoms with Crippen molar-refractivity contribution < 1.29 is 17.7 Å². The van der Waals surface area contributed by atoms with Gasteiger partial charge in [-0.15, -0.1) is 6.42 Å². The van der Waals surface area contributed by atoms with Gasteiger partial charge >= 0.3 is 0 Å². The van der Waals surface area contributed by atoms with Crippen LogP contribution in [0.15, 0.2) is 9.42 Å². The lowest BCUT2D eigenvalue weighted by Crippen LogP contribution is -2.45. The Balaban J connectivity index is 2.19. The van der Waals surface area contributed by atoms with E-state index >= 15 is 0 Å². The number of carbonyl (C=O) groups excluding carboxylic acids is 1. The Morgan fingerprint density at radius 1 is 1.55 bits per heavy atom. The SMILES string of the molecule is C#CCNC(=O)C1CCCN(S(=O)(=O)c2c(C)noc2C)C1. The summed E-state index contributed by atoms with van der Waals surface area (Å²) in [5, 5.41) is 6.29. The number of hydrogen-bond donors (Lipinski definition) is 1. The van der Waals surface area contributed by atoms with Crippen molar-refractivity contribution in [3.63, 3.8) is 0 Å². The fourth-order valence-electron chi connectivity index (χ4n) is 2.63. The number of nitrogens with one attached hydrogen (secondary N) is 1. The maximum absolute atomic E-state index is 12.7. The normalized spacial score (nSPS) is 19.6. The van der Waals surface area contributed by atoms with Crippen LogP contribution in [-0.4, -0.2) is 43.4 Å². The summed E-state index contributed by atoms with van der Waals surface area (Å²) in [6, 6.07) is 0. The molecule has 1 atom stereocenters. The summed E-state index contributed by atoms with van der Waals surface area (Å²) in [5.74, 6) is 1.99. The van der Waals surface area contributed by atoms with Gasteiger partial charge in [0.1, 0.15) is 10.6 Å². The highest BCUT2D eigenvalue weighted by Gasteiger charge is 2.36. The van der Waals surface area contributed by atoms with Crippen molar-refractivity contribution in [1.29, 1.82) is 0 Å². The Bertz CT molecular complexity index is 683. The summed E-state index contributed by atoms with van der Waals surface area (Å²) >= 11 is 0. The standard InChI is InChI=1S/C14H19N3O4S/c1-4-7-15-14(18)12-6-5-8-17(9-12)22(19,20)13-10(2)16-21-11(13)3/h1,12H,5-9H2,2-3H3,(H,15,18). The first kappa shape index (κ1) is 16.5. The second kappa shape index (κ2) is 6.50. The third-order valence-corrected chi connectivity index (χ3v) is 5.80. The molecule has 1 aromatic heterocycles. The molecule has 2 rings (SSSR count). The first-order chi connectivity index (χ1) is 10.4. The van der Waals surface area contributed by atoms with E-state index in [-0.39, 0.29) is 29.7 Å². The maximum Gasteiger partial charge on any atom is 0.248 e. The number of terminal acetylenes is 1. The van der Waals surface area contributed by atoms with E-state index in [4.69, 9.17) is 10.9 Å². The zero-order valence-electron chi connectivity index (χ0n) is 12.6. The summed E-state index contributed by atoms with van der Waals surface area (Å²) in [5.41, 5.74) is 0.330. The molecule has 1 N–H and O–H groups in total. The van der Waals surface area contributed by atoms with Gasteiger partial charge in [0.05, 0.1) is 12.5 Å². The van der Waals surface area contributed by atoms with Gasteiger partial charge in [-0.05, 0) is 26.7 Å². The van der Waals surface area contributed by atoms with Crippen LogP contribution in [0.25, 0.3) is 0 Å². The van der Waals surface area contributed by atoms with E-state index in [1.165, 1.54) is 4.31 Å². The zero-order valence-corrected chi connectivity index (χ0v) is 13.4. The van der Waals surface area contributed by atoms with Gasteiger partial charge in [0.25, 0.3) is 0 Å². The predicted molar refractivity (Wildman–Crippen MR) is 79.3 cm³/mol. The molecule has 7 nitrogen and oxygen atoms in total. The highest BCUT2D eigenvalue weighted by Crippen LogP contribution is 2.27. The number of amides is 1. The monoisotopic (exact) mass is 325 g/mol.